The number of unbranched alkanes of at least 4 members (excludes halogenated alkanes) is 1. The lowest BCUT2D eigenvalue weighted by atomic mass is 10.1. The number of phenolic OH excluding ortho intramolecular Hbond substituents is 1. The van der Waals surface area contributed by atoms with Crippen LogP contribution in [0.3, 0.4) is 0 Å². The van der Waals surface area contributed by atoms with Crippen LogP contribution in [0.5, 0.6) is 5.75 Å². The number of aromatic hydroxyl groups is 1. The highest BCUT2D eigenvalue weighted by Crippen LogP contribution is 2.34. The van der Waals surface area contributed by atoms with Crippen molar-refractivity contribution in [3.63, 3.8) is 0 Å². The number of halogens is 1. The summed E-state index contributed by atoms with van der Waals surface area (Å²) in [6.45, 7) is 7.60. The summed E-state index contributed by atoms with van der Waals surface area (Å²) in [7, 11) is 0. The van der Waals surface area contributed by atoms with E-state index in [1.54, 1.807) is 11.3 Å². The molecule has 0 amide bonds. The van der Waals surface area contributed by atoms with Crippen molar-refractivity contribution in [1.29, 1.82) is 0 Å². The second-order valence-corrected chi connectivity index (χ2v) is 8.08. The second-order valence-electron chi connectivity index (χ2n) is 6.71. The lowest BCUT2D eigenvalue weighted by Gasteiger charge is -2.21. The minimum Gasteiger partial charge on any atom is -0.507 e. The molecule has 0 saturated heterocycles. The summed E-state index contributed by atoms with van der Waals surface area (Å²) in [5, 5.41) is 21.4. The predicted octanol–water partition coefficient (Wildman–Crippen LogP) is 5.99. The minimum atomic E-state index is 0.340. The largest absolute Gasteiger partial charge is 0.507 e. The van der Waals surface area contributed by atoms with E-state index in [1.165, 1.54) is 0 Å². The van der Waals surface area contributed by atoms with Gasteiger partial charge < -0.3 is 10.0 Å². The Morgan fingerprint density at radius 3 is 2.48 bits per heavy atom. The van der Waals surface area contributed by atoms with E-state index in [0.717, 1.165) is 56.8 Å². The van der Waals surface area contributed by atoms with Crippen LogP contribution in [0.15, 0.2) is 36.4 Å². The Bertz CT molecular complexity index is 902. The molecule has 6 heteroatoms. The molecule has 3 aromatic rings. The summed E-state index contributed by atoms with van der Waals surface area (Å²) in [5.74, 6) is 0.340. The molecule has 4 nitrogen and oxygen atoms in total. The minimum absolute atomic E-state index is 0.340. The molecule has 0 fully saturated rings. The second kappa shape index (κ2) is 8.72. The Morgan fingerprint density at radius 1 is 1.11 bits per heavy atom. The van der Waals surface area contributed by atoms with Gasteiger partial charge in [0.05, 0.1) is 0 Å². The Hall–Kier alpha value is -2.11. The average Bonchev–Trinajstić information content (AvgIpc) is 3.14. The number of anilines is 1. The number of rotatable bonds is 7. The molecule has 0 atom stereocenters. The van der Waals surface area contributed by atoms with E-state index >= 15 is 0 Å². The van der Waals surface area contributed by atoms with Crippen molar-refractivity contribution in [3.8, 4) is 16.3 Å². The first-order valence-electron chi connectivity index (χ1n) is 9.12. The van der Waals surface area contributed by atoms with E-state index in [2.05, 4.69) is 28.1 Å². The van der Waals surface area contributed by atoms with Crippen LogP contribution in [0.1, 0.15) is 36.5 Å². The van der Waals surface area contributed by atoms with Gasteiger partial charge in [0, 0.05) is 23.7 Å². The summed E-state index contributed by atoms with van der Waals surface area (Å²) in [5.41, 5.74) is 3.77. The third-order valence-corrected chi connectivity index (χ3v) is 5.93. The number of hydrogen-bond acceptors (Lipinski definition) is 5. The fourth-order valence-electron chi connectivity index (χ4n) is 2.96. The van der Waals surface area contributed by atoms with E-state index in [9.17, 15) is 5.11 Å². The van der Waals surface area contributed by atoms with Gasteiger partial charge in [-0.2, -0.15) is 0 Å². The number of aromatic nitrogens is 2. The molecule has 0 aliphatic heterocycles. The van der Waals surface area contributed by atoms with Gasteiger partial charge in [-0.25, -0.2) is 0 Å². The highest BCUT2D eigenvalue weighted by atomic mass is 35.5. The van der Waals surface area contributed by atoms with Crippen molar-refractivity contribution in [2.45, 2.75) is 40.2 Å². The summed E-state index contributed by atoms with van der Waals surface area (Å²) in [6, 6.07) is 11.8. The van der Waals surface area contributed by atoms with Crippen molar-refractivity contribution in [1.82, 2.24) is 10.2 Å². The molecule has 1 N–H and O–H groups in total. The molecule has 0 spiro atoms. The molecule has 2 aromatic carbocycles. The van der Waals surface area contributed by atoms with E-state index in [0.29, 0.717) is 12.3 Å². The first-order valence-corrected chi connectivity index (χ1v) is 10.3. The lowest BCUT2D eigenvalue weighted by molar-refractivity contribution is 0.467. The summed E-state index contributed by atoms with van der Waals surface area (Å²) < 4.78 is 0. The zero-order chi connectivity index (χ0) is 19.4. The van der Waals surface area contributed by atoms with Crippen LogP contribution in [0, 0.1) is 13.8 Å². The molecule has 1 heterocycles. The Balaban J connectivity index is 1.89. The Kier molecular flexibility index (Phi) is 6.34. The highest BCUT2D eigenvalue weighted by Gasteiger charge is 2.16. The number of benzene rings is 2. The molecular formula is C21H24ClN3OS. The molecule has 0 unspecified atom stereocenters. The van der Waals surface area contributed by atoms with Crippen molar-refractivity contribution >= 4 is 28.1 Å². The fraction of sp³-hybridized carbons (Fsp3) is 0.333. The van der Waals surface area contributed by atoms with Crippen LogP contribution >= 0.6 is 22.9 Å². The topological polar surface area (TPSA) is 49.2 Å². The van der Waals surface area contributed by atoms with Crippen LogP contribution in [0.25, 0.3) is 10.6 Å². The number of phenols is 1. The van der Waals surface area contributed by atoms with Gasteiger partial charge in [0.15, 0.2) is 0 Å². The zero-order valence-corrected chi connectivity index (χ0v) is 17.4. The first-order chi connectivity index (χ1) is 13.0. The number of aryl methyl sites for hydroxylation is 2. The van der Waals surface area contributed by atoms with Gasteiger partial charge >= 0.3 is 0 Å². The van der Waals surface area contributed by atoms with Crippen molar-refractivity contribution < 1.29 is 5.11 Å². The molecule has 27 heavy (non-hydrogen) atoms. The van der Waals surface area contributed by atoms with Crippen molar-refractivity contribution in [3.05, 3.63) is 58.1 Å². The maximum atomic E-state index is 10.0. The molecule has 3 rings (SSSR count). The number of nitrogens with zero attached hydrogens (tertiary/aromatic N) is 3. The van der Waals surface area contributed by atoms with Crippen LogP contribution in [-0.4, -0.2) is 21.8 Å². The normalized spacial score (nSPS) is 11.0. The molecule has 0 bridgehead atoms. The van der Waals surface area contributed by atoms with Gasteiger partial charge in [-0.3, -0.25) is 0 Å². The first kappa shape index (κ1) is 19.6. The molecule has 1 aromatic heterocycles. The SMILES string of the molecule is CCCCN(Cc1ccccc1Cl)c1nnc(-c2cc(C)c(O)c(C)c2)s1. The quantitative estimate of drug-likeness (QED) is 0.528. The number of hydrogen-bond donors (Lipinski definition) is 1. The summed E-state index contributed by atoms with van der Waals surface area (Å²) in [4.78, 5) is 2.24. The molecule has 0 aliphatic rings. The zero-order valence-electron chi connectivity index (χ0n) is 15.9. The van der Waals surface area contributed by atoms with Gasteiger partial charge in [0.2, 0.25) is 5.13 Å². The lowest BCUT2D eigenvalue weighted by Crippen LogP contribution is -2.23. The van der Waals surface area contributed by atoms with E-state index in [-0.39, 0.29) is 0 Å². The molecule has 0 radical (unpaired) electrons. The third kappa shape index (κ3) is 4.60. The summed E-state index contributed by atoms with van der Waals surface area (Å²) >= 11 is 7.93. The van der Waals surface area contributed by atoms with Crippen LogP contribution < -0.4 is 4.90 Å². The monoisotopic (exact) mass is 401 g/mol. The van der Waals surface area contributed by atoms with Gasteiger partial charge in [-0.1, -0.05) is 54.5 Å². The van der Waals surface area contributed by atoms with Crippen LogP contribution in [-0.2, 0) is 6.54 Å². The van der Waals surface area contributed by atoms with Crippen LogP contribution in [0.2, 0.25) is 5.02 Å². The third-order valence-electron chi connectivity index (χ3n) is 4.52. The predicted molar refractivity (Wildman–Crippen MR) is 114 cm³/mol. The Labute approximate surface area is 169 Å². The maximum Gasteiger partial charge on any atom is 0.208 e. The molecular weight excluding hydrogens is 378 g/mol. The van der Waals surface area contributed by atoms with Gasteiger partial charge in [-0.15, -0.1) is 10.2 Å². The maximum absolute atomic E-state index is 10.0. The molecule has 0 aliphatic carbocycles. The van der Waals surface area contributed by atoms with E-state index in [4.69, 9.17) is 11.6 Å². The summed E-state index contributed by atoms with van der Waals surface area (Å²) in [6.07, 6.45) is 2.19. The molecule has 0 saturated carbocycles. The van der Waals surface area contributed by atoms with Crippen LogP contribution in [0.4, 0.5) is 5.13 Å². The molecule has 142 valence electrons. The van der Waals surface area contributed by atoms with Gasteiger partial charge in [0.1, 0.15) is 10.8 Å². The standard InChI is InChI=1S/C21H24ClN3OS/c1-4-5-10-25(13-16-8-6-7-9-18(16)22)21-24-23-20(27-21)17-11-14(2)19(26)15(3)12-17/h6-9,11-12,26H,4-5,10,13H2,1-3H3. The highest BCUT2D eigenvalue weighted by molar-refractivity contribution is 7.18. The smallest absolute Gasteiger partial charge is 0.208 e. The van der Waals surface area contributed by atoms with Gasteiger partial charge in [0.25, 0.3) is 0 Å². The van der Waals surface area contributed by atoms with E-state index < -0.39 is 0 Å². The average molecular weight is 402 g/mol. The van der Waals surface area contributed by atoms with Crippen molar-refractivity contribution in [2.75, 3.05) is 11.4 Å². The van der Waals surface area contributed by atoms with Gasteiger partial charge in [-0.05, 0) is 55.2 Å². The Morgan fingerprint density at radius 2 is 1.81 bits per heavy atom. The van der Waals surface area contributed by atoms with Crippen molar-refractivity contribution in [2.24, 2.45) is 0 Å². The van der Waals surface area contributed by atoms with E-state index in [1.807, 2.05) is 44.2 Å². The fourth-order valence-corrected chi connectivity index (χ4v) is 4.02.